The molecule has 1 aliphatic rings. The fourth-order valence-electron chi connectivity index (χ4n) is 0.782. The van der Waals surface area contributed by atoms with Gasteiger partial charge in [0.25, 0.3) is 0 Å². The van der Waals surface area contributed by atoms with Gasteiger partial charge in [-0.1, -0.05) is 0 Å². The van der Waals surface area contributed by atoms with Gasteiger partial charge in [-0.3, -0.25) is 0 Å². The van der Waals surface area contributed by atoms with Gasteiger partial charge in [-0.15, -0.1) is 11.3 Å². The third-order valence-electron chi connectivity index (χ3n) is 1.17. The minimum absolute atomic E-state index is 0.684. The molecule has 0 saturated heterocycles. The van der Waals surface area contributed by atoms with Crippen molar-refractivity contribution in [3.05, 3.63) is 11.4 Å². The van der Waals surface area contributed by atoms with Crippen molar-refractivity contribution in [1.29, 1.82) is 0 Å². The summed E-state index contributed by atoms with van der Waals surface area (Å²) in [5, 5.41) is 9.89. The second kappa shape index (κ2) is 4.20. The first kappa shape index (κ1) is 8.36. The molecular weight excluding hydrogens is 164 g/mol. The van der Waals surface area contributed by atoms with Gasteiger partial charge in [0.1, 0.15) is 13.2 Å². The average Bonchev–Trinajstić information content (AvgIpc) is 2.55. The van der Waals surface area contributed by atoms with Gasteiger partial charge in [0.2, 0.25) is 5.06 Å². The monoisotopic (exact) mass is 174 g/mol. The summed E-state index contributed by atoms with van der Waals surface area (Å²) in [6, 6.07) is 1.93. The van der Waals surface area contributed by atoms with Gasteiger partial charge in [-0.05, 0) is 11.4 Å². The second-order valence-electron chi connectivity index (χ2n) is 1.77. The van der Waals surface area contributed by atoms with E-state index in [9.17, 15) is 0 Å². The molecule has 62 valence electrons. The third-order valence-corrected chi connectivity index (χ3v) is 1.98. The molecule has 0 atom stereocenters. The van der Waals surface area contributed by atoms with E-state index in [2.05, 4.69) is 0 Å². The summed E-state index contributed by atoms with van der Waals surface area (Å²) in [5.74, 6) is 0.895. The van der Waals surface area contributed by atoms with Gasteiger partial charge in [0, 0.05) is 7.11 Å². The summed E-state index contributed by atoms with van der Waals surface area (Å²) in [6.45, 7) is 1.37. The Morgan fingerprint density at radius 1 is 1.36 bits per heavy atom. The molecule has 1 aromatic heterocycles. The molecule has 0 unspecified atom stereocenters. The number of aliphatic hydroxyl groups is 1. The second-order valence-corrected chi connectivity index (χ2v) is 2.65. The molecule has 0 aromatic carbocycles. The topological polar surface area (TPSA) is 38.7 Å². The number of hydrogen-bond acceptors (Lipinski definition) is 4. The first-order valence-corrected chi connectivity index (χ1v) is 4.12. The number of hydrogen-bond donors (Lipinski definition) is 1. The Morgan fingerprint density at radius 2 is 2.09 bits per heavy atom. The van der Waals surface area contributed by atoms with E-state index in [1.54, 1.807) is 11.3 Å². The number of fused-ring (bicyclic) bond motifs is 1. The Bertz CT molecular complexity index is 189. The number of ether oxygens (including phenoxy) is 2. The molecule has 0 amide bonds. The van der Waals surface area contributed by atoms with Crippen LogP contribution < -0.4 is 9.47 Å². The van der Waals surface area contributed by atoms with Crippen LogP contribution in [0.5, 0.6) is 10.8 Å². The van der Waals surface area contributed by atoms with Crippen molar-refractivity contribution in [1.82, 2.24) is 0 Å². The van der Waals surface area contributed by atoms with E-state index in [0.717, 1.165) is 17.9 Å². The van der Waals surface area contributed by atoms with Gasteiger partial charge in [0.05, 0.1) is 0 Å². The molecule has 0 aliphatic carbocycles. The van der Waals surface area contributed by atoms with Crippen LogP contribution in [0.1, 0.15) is 0 Å². The molecule has 0 bridgehead atoms. The largest absolute Gasteiger partial charge is 0.485 e. The smallest absolute Gasteiger partial charge is 0.217 e. The lowest BCUT2D eigenvalue weighted by Gasteiger charge is -2.13. The van der Waals surface area contributed by atoms with Crippen molar-refractivity contribution in [2.24, 2.45) is 0 Å². The molecule has 3 nitrogen and oxygen atoms in total. The molecule has 0 radical (unpaired) electrons. The summed E-state index contributed by atoms with van der Waals surface area (Å²) in [7, 11) is 1.00. The van der Waals surface area contributed by atoms with E-state index < -0.39 is 0 Å². The first-order chi connectivity index (χ1) is 5.47. The Balaban J connectivity index is 0.000000281. The maximum Gasteiger partial charge on any atom is 0.217 e. The molecule has 11 heavy (non-hydrogen) atoms. The summed E-state index contributed by atoms with van der Waals surface area (Å²) in [4.78, 5) is 0. The standard InChI is InChI=1S/C6H6O2S.CH4O/c1-4-9-6-5(1)7-2-3-8-6;1-2/h1,4H,2-3H2;2H,1H3. The maximum absolute atomic E-state index is 7.00. The van der Waals surface area contributed by atoms with E-state index in [-0.39, 0.29) is 0 Å². The fourth-order valence-corrected chi connectivity index (χ4v) is 1.49. The normalized spacial score (nSPS) is 13.3. The number of aliphatic hydroxyl groups excluding tert-OH is 1. The van der Waals surface area contributed by atoms with Crippen LogP contribution >= 0.6 is 11.3 Å². The van der Waals surface area contributed by atoms with Crippen LogP contribution in [0.4, 0.5) is 0 Å². The summed E-state index contributed by atoms with van der Waals surface area (Å²) >= 11 is 1.58. The summed E-state index contributed by atoms with van der Waals surface area (Å²) in [6.07, 6.45) is 0. The Labute approximate surface area is 69.2 Å². The van der Waals surface area contributed by atoms with Crippen molar-refractivity contribution in [2.75, 3.05) is 20.3 Å². The van der Waals surface area contributed by atoms with Gasteiger partial charge in [0.15, 0.2) is 5.75 Å². The van der Waals surface area contributed by atoms with Gasteiger partial charge in [-0.25, -0.2) is 0 Å². The highest BCUT2D eigenvalue weighted by Crippen LogP contribution is 2.35. The van der Waals surface area contributed by atoms with E-state index in [0.29, 0.717) is 13.2 Å². The molecule has 1 aromatic rings. The Hall–Kier alpha value is -0.740. The van der Waals surface area contributed by atoms with E-state index in [1.807, 2.05) is 11.4 Å². The number of rotatable bonds is 0. The molecule has 2 heterocycles. The molecule has 0 spiro atoms. The van der Waals surface area contributed by atoms with Crippen molar-refractivity contribution < 1.29 is 14.6 Å². The quantitative estimate of drug-likeness (QED) is 0.640. The Morgan fingerprint density at radius 3 is 2.82 bits per heavy atom. The molecule has 4 heteroatoms. The molecule has 0 saturated carbocycles. The van der Waals surface area contributed by atoms with Crippen molar-refractivity contribution >= 4 is 11.3 Å². The first-order valence-electron chi connectivity index (χ1n) is 3.24. The van der Waals surface area contributed by atoms with Crippen LogP contribution in [-0.4, -0.2) is 25.4 Å². The maximum atomic E-state index is 7.00. The fraction of sp³-hybridized carbons (Fsp3) is 0.429. The lowest BCUT2D eigenvalue weighted by molar-refractivity contribution is 0.178. The van der Waals surface area contributed by atoms with Crippen molar-refractivity contribution in [3.8, 4) is 10.8 Å². The predicted octanol–water partition coefficient (Wildman–Crippen LogP) is 1.13. The lowest BCUT2D eigenvalue weighted by atomic mass is 10.5. The summed E-state index contributed by atoms with van der Waals surface area (Å²) < 4.78 is 10.5. The highest BCUT2D eigenvalue weighted by atomic mass is 32.1. The summed E-state index contributed by atoms with van der Waals surface area (Å²) in [5.41, 5.74) is 0. The van der Waals surface area contributed by atoms with Crippen LogP contribution in [0.25, 0.3) is 0 Å². The third kappa shape index (κ3) is 1.85. The zero-order valence-corrected chi connectivity index (χ0v) is 7.06. The van der Waals surface area contributed by atoms with Crippen LogP contribution in [0.2, 0.25) is 0 Å². The minimum Gasteiger partial charge on any atom is -0.485 e. The van der Waals surface area contributed by atoms with Crippen molar-refractivity contribution in [2.45, 2.75) is 0 Å². The lowest BCUT2D eigenvalue weighted by Crippen LogP contribution is -2.13. The van der Waals surface area contributed by atoms with Crippen LogP contribution in [0.15, 0.2) is 11.4 Å². The van der Waals surface area contributed by atoms with E-state index in [1.165, 1.54) is 0 Å². The van der Waals surface area contributed by atoms with Crippen LogP contribution in [0.3, 0.4) is 0 Å². The van der Waals surface area contributed by atoms with Gasteiger partial charge in [-0.2, -0.15) is 0 Å². The van der Waals surface area contributed by atoms with E-state index in [4.69, 9.17) is 14.6 Å². The molecule has 0 fully saturated rings. The molecular formula is C7H10O3S. The van der Waals surface area contributed by atoms with Gasteiger partial charge < -0.3 is 14.6 Å². The molecule has 1 aliphatic heterocycles. The molecule has 2 rings (SSSR count). The van der Waals surface area contributed by atoms with Crippen molar-refractivity contribution in [3.63, 3.8) is 0 Å². The highest BCUT2D eigenvalue weighted by Gasteiger charge is 2.10. The number of thiophene rings is 1. The zero-order valence-electron chi connectivity index (χ0n) is 6.24. The predicted molar refractivity (Wildman–Crippen MR) is 43.5 cm³/mol. The molecule has 1 N–H and O–H groups in total. The van der Waals surface area contributed by atoms with Crippen LogP contribution in [0, 0.1) is 0 Å². The highest BCUT2D eigenvalue weighted by molar-refractivity contribution is 7.12. The zero-order chi connectivity index (χ0) is 8.10. The minimum atomic E-state index is 0.684. The van der Waals surface area contributed by atoms with Gasteiger partial charge >= 0.3 is 0 Å². The Kier molecular flexibility index (Phi) is 3.19. The van der Waals surface area contributed by atoms with Crippen LogP contribution in [-0.2, 0) is 0 Å². The van der Waals surface area contributed by atoms with E-state index >= 15 is 0 Å². The SMILES string of the molecule is CO.c1cc2c(s1)OCCO2. The average molecular weight is 174 g/mol.